The van der Waals surface area contributed by atoms with E-state index in [-0.39, 0.29) is 17.2 Å². The van der Waals surface area contributed by atoms with E-state index in [9.17, 15) is 14.9 Å². The van der Waals surface area contributed by atoms with Crippen molar-refractivity contribution in [1.82, 2.24) is 14.8 Å². The lowest BCUT2D eigenvalue weighted by atomic mass is 10.2. The first-order valence-electron chi connectivity index (χ1n) is 7.32. The van der Waals surface area contributed by atoms with E-state index in [0.29, 0.717) is 22.2 Å². The Morgan fingerprint density at radius 3 is 2.42 bits per heavy atom. The van der Waals surface area contributed by atoms with Crippen LogP contribution in [0.4, 0.5) is 11.6 Å². The van der Waals surface area contributed by atoms with E-state index < -0.39 is 10.8 Å². The molecule has 0 bridgehead atoms. The van der Waals surface area contributed by atoms with Crippen LogP contribution in [0.25, 0.3) is 0 Å². The second-order valence-corrected chi connectivity index (χ2v) is 6.04. The number of nitrogens with one attached hydrogen (secondary N) is 1. The molecule has 3 aromatic rings. The van der Waals surface area contributed by atoms with Gasteiger partial charge in [0, 0.05) is 33.3 Å². The second-order valence-electron chi connectivity index (χ2n) is 5.22. The smallest absolute Gasteiger partial charge is 0.269 e. The Morgan fingerprint density at radius 2 is 1.81 bits per heavy atom. The lowest BCUT2D eigenvalue weighted by Crippen LogP contribution is -2.13. The van der Waals surface area contributed by atoms with Crippen LogP contribution in [0.2, 0.25) is 10.0 Å². The molecule has 0 unspecified atom stereocenters. The van der Waals surface area contributed by atoms with Gasteiger partial charge in [0.1, 0.15) is 6.33 Å². The number of nitrogens with zero attached hydrogens (tertiary/aromatic N) is 4. The van der Waals surface area contributed by atoms with Crippen molar-refractivity contribution < 1.29 is 9.72 Å². The van der Waals surface area contributed by atoms with Crippen molar-refractivity contribution in [3.8, 4) is 0 Å². The summed E-state index contributed by atoms with van der Waals surface area (Å²) in [6.07, 6.45) is 1.44. The minimum Gasteiger partial charge on any atom is -0.289 e. The molecule has 0 radical (unpaired) electrons. The van der Waals surface area contributed by atoms with E-state index in [1.54, 1.807) is 18.2 Å². The average molecular weight is 392 g/mol. The summed E-state index contributed by atoms with van der Waals surface area (Å²) in [5.74, 6) is -0.384. The van der Waals surface area contributed by atoms with Crippen LogP contribution in [0.5, 0.6) is 0 Å². The number of carbonyl (C=O) groups is 1. The highest BCUT2D eigenvalue weighted by molar-refractivity contribution is 6.35. The number of aromatic nitrogens is 3. The molecular formula is C16H11Cl2N5O3. The maximum Gasteiger partial charge on any atom is 0.269 e. The molecule has 0 fully saturated rings. The lowest BCUT2D eigenvalue weighted by Gasteiger charge is -2.06. The quantitative estimate of drug-likeness (QED) is 0.526. The van der Waals surface area contributed by atoms with Crippen molar-refractivity contribution in [3.05, 3.63) is 80.1 Å². The number of nitro groups is 1. The fraction of sp³-hybridized carbons (Fsp3) is 0.0625. The third-order valence-electron chi connectivity index (χ3n) is 3.48. The Hall–Kier alpha value is -2.97. The normalized spacial score (nSPS) is 10.5. The maximum atomic E-state index is 12.2. The monoisotopic (exact) mass is 391 g/mol. The Kier molecular flexibility index (Phi) is 5.15. The van der Waals surface area contributed by atoms with Gasteiger partial charge in [-0.1, -0.05) is 29.3 Å². The second kappa shape index (κ2) is 7.51. The molecule has 1 heterocycles. The van der Waals surface area contributed by atoms with Crippen LogP contribution in [0.1, 0.15) is 15.9 Å². The third kappa shape index (κ3) is 3.98. The molecule has 1 amide bonds. The van der Waals surface area contributed by atoms with Gasteiger partial charge in [-0.25, -0.2) is 9.67 Å². The number of carbonyl (C=O) groups excluding carboxylic acids is 1. The largest absolute Gasteiger partial charge is 0.289 e. The number of non-ortho nitro benzene ring substituents is 1. The summed E-state index contributed by atoms with van der Waals surface area (Å²) in [5, 5.41) is 18.3. The molecule has 26 heavy (non-hydrogen) atoms. The fourth-order valence-corrected chi connectivity index (χ4v) is 2.70. The van der Waals surface area contributed by atoms with Crippen molar-refractivity contribution in [2.24, 2.45) is 0 Å². The van der Waals surface area contributed by atoms with Crippen LogP contribution >= 0.6 is 23.2 Å². The van der Waals surface area contributed by atoms with E-state index in [1.807, 2.05) is 0 Å². The Labute approximate surface area is 157 Å². The first-order chi connectivity index (χ1) is 12.4. The molecule has 0 saturated carbocycles. The third-order valence-corrected chi connectivity index (χ3v) is 4.19. The van der Waals surface area contributed by atoms with Gasteiger partial charge < -0.3 is 0 Å². The van der Waals surface area contributed by atoms with E-state index in [4.69, 9.17) is 23.2 Å². The number of hydrogen-bond donors (Lipinski definition) is 1. The highest BCUT2D eigenvalue weighted by atomic mass is 35.5. The van der Waals surface area contributed by atoms with Gasteiger partial charge in [-0.05, 0) is 24.3 Å². The molecule has 3 rings (SSSR count). The minimum atomic E-state index is -0.537. The number of benzene rings is 2. The summed E-state index contributed by atoms with van der Waals surface area (Å²) in [7, 11) is 0. The molecule has 132 valence electrons. The van der Waals surface area contributed by atoms with Crippen LogP contribution in [0.3, 0.4) is 0 Å². The molecule has 2 aromatic carbocycles. The van der Waals surface area contributed by atoms with Gasteiger partial charge in [-0.3, -0.25) is 20.2 Å². The zero-order chi connectivity index (χ0) is 18.7. The van der Waals surface area contributed by atoms with E-state index >= 15 is 0 Å². The number of anilines is 1. The summed E-state index contributed by atoms with van der Waals surface area (Å²) in [4.78, 5) is 26.3. The van der Waals surface area contributed by atoms with Gasteiger partial charge in [0.2, 0.25) is 5.95 Å². The predicted molar refractivity (Wildman–Crippen MR) is 96.6 cm³/mol. The van der Waals surface area contributed by atoms with Crippen LogP contribution < -0.4 is 5.32 Å². The fourth-order valence-electron chi connectivity index (χ4n) is 2.18. The molecule has 1 N–H and O–H groups in total. The van der Waals surface area contributed by atoms with Crippen molar-refractivity contribution in [2.45, 2.75) is 6.54 Å². The van der Waals surface area contributed by atoms with Gasteiger partial charge in [0.25, 0.3) is 11.6 Å². The Bertz CT molecular complexity index is 952. The summed E-state index contributed by atoms with van der Waals surface area (Å²) in [6, 6.07) is 10.4. The average Bonchev–Trinajstić information content (AvgIpc) is 3.05. The van der Waals surface area contributed by atoms with E-state index in [2.05, 4.69) is 15.4 Å². The van der Waals surface area contributed by atoms with E-state index in [1.165, 1.54) is 35.3 Å². The van der Waals surface area contributed by atoms with Crippen LogP contribution in [0, 0.1) is 10.1 Å². The number of halogens is 2. The zero-order valence-electron chi connectivity index (χ0n) is 13.1. The topological polar surface area (TPSA) is 103 Å². The molecular weight excluding hydrogens is 381 g/mol. The van der Waals surface area contributed by atoms with Crippen molar-refractivity contribution >= 4 is 40.7 Å². The van der Waals surface area contributed by atoms with Crippen LogP contribution in [-0.2, 0) is 6.54 Å². The highest BCUT2D eigenvalue weighted by Crippen LogP contribution is 2.25. The minimum absolute atomic E-state index is 0.0940. The summed E-state index contributed by atoms with van der Waals surface area (Å²) >= 11 is 12.2. The van der Waals surface area contributed by atoms with Crippen molar-refractivity contribution in [1.29, 1.82) is 0 Å². The molecule has 0 aliphatic rings. The summed E-state index contributed by atoms with van der Waals surface area (Å²) in [5.41, 5.74) is 0.843. The first kappa shape index (κ1) is 17.8. The molecule has 0 saturated heterocycles. The standard InChI is InChI=1S/C16H11Cl2N5O3/c17-13-2-1-3-14(18)12(13)8-22-9-19-16(21-22)20-15(24)10-4-6-11(7-5-10)23(25)26/h1-7,9H,8H2,(H,20,21,24). The summed E-state index contributed by atoms with van der Waals surface area (Å²) < 4.78 is 1.48. The Balaban J connectivity index is 1.70. The number of rotatable bonds is 5. The highest BCUT2D eigenvalue weighted by Gasteiger charge is 2.13. The lowest BCUT2D eigenvalue weighted by molar-refractivity contribution is -0.384. The van der Waals surface area contributed by atoms with Gasteiger partial charge in [-0.2, -0.15) is 0 Å². The van der Waals surface area contributed by atoms with Crippen LogP contribution in [-0.4, -0.2) is 25.6 Å². The van der Waals surface area contributed by atoms with Crippen molar-refractivity contribution in [3.63, 3.8) is 0 Å². The van der Waals surface area contributed by atoms with Gasteiger partial charge in [0.05, 0.1) is 11.5 Å². The van der Waals surface area contributed by atoms with Gasteiger partial charge in [0.15, 0.2) is 0 Å². The molecule has 0 spiro atoms. The van der Waals surface area contributed by atoms with Gasteiger partial charge >= 0.3 is 0 Å². The number of nitro benzene ring substituents is 1. The number of hydrogen-bond acceptors (Lipinski definition) is 5. The molecule has 0 atom stereocenters. The van der Waals surface area contributed by atoms with E-state index in [0.717, 1.165) is 0 Å². The SMILES string of the molecule is O=C(Nc1ncn(Cc2c(Cl)cccc2Cl)n1)c1ccc([N+](=O)[O-])cc1. The molecule has 10 heteroatoms. The Morgan fingerprint density at radius 1 is 1.15 bits per heavy atom. The zero-order valence-corrected chi connectivity index (χ0v) is 14.6. The van der Waals surface area contributed by atoms with Crippen molar-refractivity contribution in [2.75, 3.05) is 5.32 Å². The maximum absolute atomic E-state index is 12.2. The van der Waals surface area contributed by atoms with Gasteiger partial charge in [-0.15, -0.1) is 5.10 Å². The molecule has 1 aromatic heterocycles. The molecule has 8 nitrogen and oxygen atoms in total. The van der Waals surface area contributed by atoms with Crippen LogP contribution in [0.15, 0.2) is 48.8 Å². The summed E-state index contributed by atoms with van der Waals surface area (Å²) in [6.45, 7) is 0.291. The number of amides is 1. The first-order valence-corrected chi connectivity index (χ1v) is 8.08. The molecule has 0 aliphatic heterocycles. The molecule has 0 aliphatic carbocycles. The predicted octanol–water partition coefficient (Wildman–Crippen LogP) is 3.79.